The first-order valence-corrected chi connectivity index (χ1v) is 11.5. The lowest BCUT2D eigenvalue weighted by atomic mass is 9.97. The van der Waals surface area contributed by atoms with Gasteiger partial charge in [0.25, 0.3) is 0 Å². The van der Waals surface area contributed by atoms with E-state index in [0.717, 1.165) is 41.6 Å². The van der Waals surface area contributed by atoms with Gasteiger partial charge in [-0.2, -0.15) is 9.61 Å². The van der Waals surface area contributed by atoms with Crippen LogP contribution in [0.3, 0.4) is 0 Å². The third kappa shape index (κ3) is 2.90. The molecule has 0 bridgehead atoms. The van der Waals surface area contributed by atoms with Gasteiger partial charge >= 0.3 is 0 Å². The summed E-state index contributed by atoms with van der Waals surface area (Å²) >= 11 is 0. The van der Waals surface area contributed by atoms with Crippen molar-refractivity contribution in [2.75, 3.05) is 12.4 Å². The molecule has 2 fully saturated rings. The molecular weight excluding hydrogens is 372 g/mol. The summed E-state index contributed by atoms with van der Waals surface area (Å²) in [7, 11) is 1.72. The van der Waals surface area contributed by atoms with Crippen molar-refractivity contribution in [1.29, 1.82) is 0 Å². The molecule has 3 aliphatic carbocycles. The van der Waals surface area contributed by atoms with Crippen LogP contribution in [0.15, 0.2) is 18.3 Å². The normalized spacial score (nSPS) is 18.3. The quantitative estimate of drug-likeness (QED) is 0.622. The number of nitrogens with zero attached hydrogens (tertiary/aromatic N) is 3. The Morgan fingerprint density at radius 2 is 1.77 bits per heavy atom. The van der Waals surface area contributed by atoms with E-state index in [1.165, 1.54) is 65.9 Å². The highest BCUT2D eigenvalue weighted by molar-refractivity contribution is 5.83. The Hall–Kier alpha value is -2.56. The summed E-state index contributed by atoms with van der Waals surface area (Å²) in [5.74, 6) is 3.81. The lowest BCUT2D eigenvalue weighted by Crippen LogP contribution is -2.26. The Bertz CT molecular complexity index is 1100. The largest absolute Gasteiger partial charge is 0.497 e. The summed E-state index contributed by atoms with van der Waals surface area (Å²) in [6.45, 7) is 4.30. The maximum absolute atomic E-state index is 5.47. The molecule has 1 aromatic carbocycles. The van der Waals surface area contributed by atoms with Crippen LogP contribution < -0.4 is 10.1 Å². The average Bonchev–Trinajstić information content (AvgIpc) is 3.66. The fraction of sp³-hybridized carbons (Fsp3) is 0.520. The minimum Gasteiger partial charge on any atom is -0.497 e. The van der Waals surface area contributed by atoms with Crippen LogP contribution >= 0.6 is 0 Å². The highest BCUT2D eigenvalue weighted by atomic mass is 16.5. The third-order valence-corrected chi connectivity index (χ3v) is 7.25. The SMILES string of the molecule is COc1cc(C)c(-c2cnn3c(NC(C4CC4)C4CC4)c4c(nc23)CCC4)c(C)c1. The van der Waals surface area contributed by atoms with Gasteiger partial charge < -0.3 is 10.1 Å². The molecule has 0 amide bonds. The molecule has 0 atom stereocenters. The highest BCUT2D eigenvalue weighted by Crippen LogP contribution is 2.47. The molecule has 6 rings (SSSR count). The predicted octanol–water partition coefficient (Wildman–Crippen LogP) is 5.11. The van der Waals surface area contributed by atoms with Gasteiger partial charge in [0.15, 0.2) is 5.65 Å². The van der Waals surface area contributed by atoms with Crippen LogP contribution in [-0.2, 0) is 12.8 Å². The van der Waals surface area contributed by atoms with Crippen molar-refractivity contribution in [3.05, 3.63) is 40.7 Å². The first-order chi connectivity index (χ1) is 14.6. The second-order valence-corrected chi connectivity index (χ2v) is 9.51. The van der Waals surface area contributed by atoms with Crippen molar-refractivity contribution in [2.24, 2.45) is 11.8 Å². The Balaban J connectivity index is 1.51. The topological polar surface area (TPSA) is 51.5 Å². The molecule has 3 aromatic rings. The van der Waals surface area contributed by atoms with Crippen LogP contribution in [0.2, 0.25) is 0 Å². The molecule has 2 saturated carbocycles. The number of hydrogen-bond donors (Lipinski definition) is 1. The lowest BCUT2D eigenvalue weighted by molar-refractivity contribution is 0.414. The summed E-state index contributed by atoms with van der Waals surface area (Å²) in [5, 5.41) is 8.87. The Morgan fingerprint density at radius 3 is 2.40 bits per heavy atom. The second-order valence-electron chi connectivity index (χ2n) is 9.51. The van der Waals surface area contributed by atoms with Gasteiger partial charge in [-0.05, 0) is 99.5 Å². The van der Waals surface area contributed by atoms with Crippen molar-refractivity contribution in [3.63, 3.8) is 0 Å². The molecule has 2 aromatic heterocycles. The van der Waals surface area contributed by atoms with Crippen LogP contribution in [0.4, 0.5) is 5.82 Å². The maximum atomic E-state index is 5.47. The molecular formula is C25H30N4O. The second kappa shape index (κ2) is 6.73. The maximum Gasteiger partial charge on any atom is 0.165 e. The number of aryl methyl sites for hydroxylation is 3. The molecule has 0 saturated heterocycles. The number of anilines is 1. The first kappa shape index (κ1) is 18.2. The van der Waals surface area contributed by atoms with Gasteiger partial charge in [-0.25, -0.2) is 4.98 Å². The number of rotatable bonds is 6. The summed E-state index contributed by atoms with van der Waals surface area (Å²) in [6, 6.07) is 4.82. The number of hydrogen-bond acceptors (Lipinski definition) is 4. The molecule has 5 nitrogen and oxygen atoms in total. The number of methoxy groups -OCH3 is 1. The van der Waals surface area contributed by atoms with Crippen molar-refractivity contribution in [3.8, 4) is 16.9 Å². The Kier molecular flexibility index (Phi) is 4.09. The molecule has 3 aliphatic rings. The van der Waals surface area contributed by atoms with Gasteiger partial charge in [-0.15, -0.1) is 0 Å². The number of aromatic nitrogens is 3. The van der Waals surface area contributed by atoms with E-state index in [1.807, 2.05) is 6.20 Å². The minimum atomic E-state index is 0.609. The number of ether oxygens (including phenoxy) is 1. The number of benzene rings is 1. The van der Waals surface area contributed by atoms with E-state index in [0.29, 0.717) is 6.04 Å². The standard InChI is InChI=1S/C25H30N4O/c1-14-11-18(30-3)12-15(2)22(14)20-13-26-29-24(19-5-4-6-21(19)27-25(20)29)28-23(16-7-8-16)17-9-10-17/h11-13,16-17,23,28H,4-10H2,1-3H3. The summed E-state index contributed by atoms with van der Waals surface area (Å²) < 4.78 is 7.57. The van der Waals surface area contributed by atoms with Gasteiger partial charge in [-0.1, -0.05) is 0 Å². The third-order valence-electron chi connectivity index (χ3n) is 7.25. The van der Waals surface area contributed by atoms with E-state index < -0.39 is 0 Å². The van der Waals surface area contributed by atoms with E-state index in [9.17, 15) is 0 Å². The monoisotopic (exact) mass is 402 g/mol. The average molecular weight is 403 g/mol. The van der Waals surface area contributed by atoms with Crippen LogP contribution in [0.5, 0.6) is 5.75 Å². The zero-order chi connectivity index (χ0) is 20.4. The van der Waals surface area contributed by atoms with Gasteiger partial charge in [0.05, 0.1) is 13.3 Å². The summed E-state index contributed by atoms with van der Waals surface area (Å²) in [5.41, 5.74) is 8.40. The van der Waals surface area contributed by atoms with Gasteiger partial charge in [-0.3, -0.25) is 0 Å². The van der Waals surface area contributed by atoms with Gasteiger partial charge in [0.2, 0.25) is 0 Å². The lowest BCUT2D eigenvalue weighted by Gasteiger charge is -2.22. The Morgan fingerprint density at radius 1 is 1.07 bits per heavy atom. The Labute approximate surface area is 177 Å². The molecule has 30 heavy (non-hydrogen) atoms. The van der Waals surface area contributed by atoms with Crippen LogP contribution in [-0.4, -0.2) is 27.7 Å². The highest BCUT2D eigenvalue weighted by Gasteiger charge is 2.42. The first-order valence-electron chi connectivity index (χ1n) is 11.5. The van der Waals surface area contributed by atoms with Gasteiger partial charge in [0.1, 0.15) is 11.6 Å². The zero-order valence-corrected chi connectivity index (χ0v) is 18.2. The molecule has 156 valence electrons. The summed E-state index contributed by atoms with van der Waals surface area (Å²) in [6.07, 6.45) is 10.9. The molecule has 0 spiro atoms. The molecule has 2 heterocycles. The number of nitrogens with one attached hydrogen (secondary N) is 1. The summed E-state index contributed by atoms with van der Waals surface area (Å²) in [4.78, 5) is 5.14. The van der Waals surface area contributed by atoms with Crippen LogP contribution in [0.1, 0.15) is 54.5 Å². The van der Waals surface area contributed by atoms with Crippen molar-refractivity contribution < 1.29 is 4.74 Å². The van der Waals surface area contributed by atoms with Crippen molar-refractivity contribution in [2.45, 2.75) is 64.8 Å². The fourth-order valence-corrected chi connectivity index (χ4v) is 5.46. The molecule has 1 N–H and O–H groups in total. The number of fused-ring (bicyclic) bond motifs is 2. The zero-order valence-electron chi connectivity index (χ0n) is 18.2. The molecule has 5 heteroatoms. The van der Waals surface area contributed by atoms with E-state index in [1.54, 1.807) is 7.11 Å². The molecule has 0 aliphatic heterocycles. The smallest absolute Gasteiger partial charge is 0.165 e. The fourth-order valence-electron chi connectivity index (χ4n) is 5.46. The van der Waals surface area contributed by atoms with E-state index in [4.69, 9.17) is 14.8 Å². The van der Waals surface area contributed by atoms with Crippen LogP contribution in [0, 0.1) is 25.7 Å². The minimum absolute atomic E-state index is 0.609. The van der Waals surface area contributed by atoms with Crippen molar-refractivity contribution in [1.82, 2.24) is 14.6 Å². The van der Waals surface area contributed by atoms with E-state index >= 15 is 0 Å². The molecule has 0 radical (unpaired) electrons. The van der Waals surface area contributed by atoms with E-state index in [2.05, 4.69) is 35.8 Å². The van der Waals surface area contributed by atoms with E-state index in [-0.39, 0.29) is 0 Å². The van der Waals surface area contributed by atoms with Crippen LogP contribution in [0.25, 0.3) is 16.8 Å². The predicted molar refractivity (Wildman–Crippen MR) is 119 cm³/mol. The molecule has 0 unspecified atom stereocenters. The van der Waals surface area contributed by atoms with Crippen molar-refractivity contribution >= 4 is 11.5 Å². The van der Waals surface area contributed by atoms with Gasteiger partial charge in [0, 0.05) is 22.9 Å².